The molecule has 0 aromatic carbocycles. The fraction of sp³-hybridized carbons (Fsp3) is 0.333. The van der Waals surface area contributed by atoms with Crippen LogP contribution in [0.1, 0.15) is 15.4 Å². The average Bonchev–Trinajstić information content (AvgIpc) is 3.25. The fourth-order valence-corrected chi connectivity index (χ4v) is 5.64. The second-order valence-corrected chi connectivity index (χ2v) is 11.2. The molecule has 3 aromatic rings. The summed E-state index contributed by atoms with van der Waals surface area (Å²) in [5, 5.41) is -0.103. The van der Waals surface area contributed by atoms with E-state index in [0.717, 1.165) is 29.7 Å². The highest BCUT2D eigenvalue weighted by Crippen LogP contribution is 2.24. The molecule has 0 aliphatic carbocycles. The van der Waals surface area contributed by atoms with Crippen LogP contribution in [0.25, 0.3) is 5.52 Å². The van der Waals surface area contributed by atoms with Gasteiger partial charge in [-0.15, -0.1) is 11.3 Å². The van der Waals surface area contributed by atoms with Gasteiger partial charge in [0, 0.05) is 50.1 Å². The van der Waals surface area contributed by atoms with Crippen molar-refractivity contribution in [3.05, 3.63) is 50.9 Å². The first kappa shape index (κ1) is 19.6. The number of hydrogen-bond donors (Lipinski definition) is 0. The number of imidazole rings is 1. The van der Waals surface area contributed by atoms with Crippen molar-refractivity contribution in [1.29, 1.82) is 0 Å². The molecule has 1 amide bonds. The maximum absolute atomic E-state index is 13.1. The first-order chi connectivity index (χ1) is 13.3. The molecule has 10 heteroatoms. The van der Waals surface area contributed by atoms with Gasteiger partial charge in [0.15, 0.2) is 5.69 Å². The van der Waals surface area contributed by atoms with E-state index in [1.54, 1.807) is 40.6 Å². The van der Waals surface area contributed by atoms with E-state index in [1.807, 2.05) is 6.07 Å². The summed E-state index contributed by atoms with van der Waals surface area (Å²) in [5.74, 6) is -0.225. The number of hydrogen-bond acceptors (Lipinski definition) is 6. The number of amides is 1. The van der Waals surface area contributed by atoms with Crippen molar-refractivity contribution in [3.8, 4) is 0 Å². The number of carbonyl (C=O) groups is 1. The number of aromatic nitrogens is 2. The van der Waals surface area contributed by atoms with Gasteiger partial charge < -0.3 is 4.90 Å². The largest absolute Gasteiger partial charge is 0.335 e. The zero-order valence-corrected chi connectivity index (χ0v) is 18.4. The summed E-state index contributed by atoms with van der Waals surface area (Å²) < 4.78 is 26.7. The van der Waals surface area contributed by atoms with Gasteiger partial charge in [-0.2, -0.15) is 0 Å². The maximum atomic E-state index is 13.1. The number of carbonyl (C=O) groups excluding carboxylic acids is 1. The number of pyridine rings is 1. The first-order valence-corrected chi connectivity index (χ1v) is 12.3. The molecule has 4 rings (SSSR count). The summed E-state index contributed by atoms with van der Waals surface area (Å²) in [7, 11) is -3.54. The Balaban J connectivity index is 1.51. The van der Waals surface area contributed by atoms with Gasteiger partial charge in [-0.05, 0) is 40.2 Å². The minimum atomic E-state index is -3.54. The summed E-state index contributed by atoms with van der Waals surface area (Å²) >= 11 is 5.20. The third kappa shape index (κ3) is 3.86. The van der Waals surface area contributed by atoms with E-state index >= 15 is 0 Å². The molecule has 0 saturated carbocycles. The molecule has 0 bridgehead atoms. The Kier molecular flexibility index (Phi) is 5.30. The van der Waals surface area contributed by atoms with Gasteiger partial charge in [0.2, 0.25) is 15.0 Å². The second kappa shape index (κ2) is 7.58. The van der Waals surface area contributed by atoms with Gasteiger partial charge in [0.05, 0.1) is 9.30 Å². The van der Waals surface area contributed by atoms with Crippen LogP contribution in [0.15, 0.2) is 45.5 Å². The summed E-state index contributed by atoms with van der Waals surface area (Å²) in [6.07, 6.45) is 2.72. The minimum Gasteiger partial charge on any atom is -0.335 e. The van der Waals surface area contributed by atoms with E-state index in [9.17, 15) is 13.2 Å². The highest BCUT2D eigenvalue weighted by molar-refractivity contribution is 9.11. The Hall–Kier alpha value is -1.75. The third-order valence-corrected chi connectivity index (χ3v) is 7.28. The zero-order valence-electron chi connectivity index (χ0n) is 15.2. The first-order valence-electron chi connectivity index (χ1n) is 8.76. The highest BCUT2D eigenvalue weighted by atomic mass is 79.9. The lowest BCUT2D eigenvalue weighted by Gasteiger charge is -2.34. The van der Waals surface area contributed by atoms with Crippen LogP contribution in [0, 0.1) is 0 Å². The molecule has 0 unspecified atom stereocenters. The van der Waals surface area contributed by atoms with Gasteiger partial charge in [-0.1, -0.05) is 6.07 Å². The fourth-order valence-electron chi connectivity index (χ4n) is 3.34. The smallest absolute Gasteiger partial charge is 0.274 e. The van der Waals surface area contributed by atoms with Gasteiger partial charge >= 0.3 is 0 Å². The Labute approximate surface area is 175 Å². The second-order valence-electron chi connectivity index (χ2n) is 6.75. The topological polar surface area (TPSA) is 75.0 Å². The normalized spacial score (nSPS) is 16.0. The predicted molar refractivity (Wildman–Crippen MR) is 112 cm³/mol. The van der Waals surface area contributed by atoms with Gasteiger partial charge in [-0.3, -0.25) is 14.1 Å². The molecule has 0 atom stereocenters. The lowest BCUT2D eigenvalue weighted by Crippen LogP contribution is -2.48. The number of piperazine rings is 1. The van der Waals surface area contributed by atoms with E-state index in [1.165, 1.54) is 9.28 Å². The van der Waals surface area contributed by atoms with E-state index < -0.39 is 9.84 Å². The lowest BCUT2D eigenvalue weighted by molar-refractivity contribution is 0.0626. The molecule has 0 radical (unpaired) electrons. The molecule has 1 saturated heterocycles. The molecule has 3 aromatic heterocycles. The van der Waals surface area contributed by atoms with E-state index in [4.69, 9.17) is 0 Å². The molecule has 1 aliphatic rings. The van der Waals surface area contributed by atoms with Crippen molar-refractivity contribution in [1.82, 2.24) is 19.2 Å². The molecule has 28 heavy (non-hydrogen) atoms. The van der Waals surface area contributed by atoms with Crippen LogP contribution in [-0.4, -0.2) is 65.9 Å². The molecule has 7 nitrogen and oxygen atoms in total. The predicted octanol–water partition coefficient (Wildman–Crippen LogP) is 2.52. The van der Waals surface area contributed by atoms with Gasteiger partial charge in [0.25, 0.3) is 5.91 Å². The SMILES string of the molecule is CS(=O)(=O)c1nc(C(=O)N2CCN(Cc3ccc(Br)s3)CC2)c2ccccn12. The standard InChI is InChI=1S/C18H19BrN4O3S2/c1-28(25,26)18-20-16(14-4-2-3-7-23(14)18)17(24)22-10-8-21(9-11-22)12-13-5-6-15(19)27-13/h2-7H,8-12H2,1H3. The van der Waals surface area contributed by atoms with Crippen LogP contribution in [0.4, 0.5) is 0 Å². The summed E-state index contributed by atoms with van der Waals surface area (Å²) in [6, 6.07) is 9.37. The molecule has 148 valence electrons. The Morgan fingerprint density at radius 1 is 1.18 bits per heavy atom. The summed E-state index contributed by atoms with van der Waals surface area (Å²) in [6.45, 7) is 3.58. The number of fused-ring (bicyclic) bond motifs is 1. The van der Waals surface area contributed by atoms with Crippen molar-refractivity contribution >= 4 is 48.5 Å². The van der Waals surface area contributed by atoms with Gasteiger partial charge in [-0.25, -0.2) is 13.4 Å². The lowest BCUT2D eigenvalue weighted by atomic mass is 10.2. The van der Waals surface area contributed by atoms with Crippen LogP contribution < -0.4 is 0 Å². The maximum Gasteiger partial charge on any atom is 0.274 e. The molecular formula is C18H19BrN4O3S2. The van der Waals surface area contributed by atoms with E-state index in [-0.39, 0.29) is 16.8 Å². The number of thiophene rings is 1. The van der Waals surface area contributed by atoms with Crippen molar-refractivity contribution in [2.24, 2.45) is 0 Å². The molecule has 1 fully saturated rings. The molecular weight excluding hydrogens is 464 g/mol. The summed E-state index contributed by atoms with van der Waals surface area (Å²) in [5.41, 5.74) is 0.704. The molecule has 4 heterocycles. The Morgan fingerprint density at radius 2 is 1.93 bits per heavy atom. The number of halogens is 1. The monoisotopic (exact) mass is 482 g/mol. The van der Waals surface area contributed by atoms with Crippen molar-refractivity contribution < 1.29 is 13.2 Å². The van der Waals surface area contributed by atoms with E-state index in [2.05, 4.69) is 31.9 Å². The Bertz CT molecular complexity index is 1130. The number of nitrogens with zero attached hydrogens (tertiary/aromatic N) is 4. The molecule has 0 N–H and O–H groups in total. The minimum absolute atomic E-state index is 0.103. The molecule has 1 aliphatic heterocycles. The molecule has 0 spiro atoms. The van der Waals surface area contributed by atoms with Crippen LogP contribution >= 0.6 is 27.3 Å². The number of sulfone groups is 1. The van der Waals surface area contributed by atoms with Crippen LogP contribution in [-0.2, 0) is 16.4 Å². The van der Waals surface area contributed by atoms with Crippen molar-refractivity contribution in [3.63, 3.8) is 0 Å². The number of rotatable bonds is 4. The van der Waals surface area contributed by atoms with Crippen LogP contribution in [0.3, 0.4) is 0 Å². The van der Waals surface area contributed by atoms with E-state index in [0.29, 0.717) is 18.6 Å². The van der Waals surface area contributed by atoms with Crippen molar-refractivity contribution in [2.75, 3.05) is 32.4 Å². The van der Waals surface area contributed by atoms with Crippen LogP contribution in [0.5, 0.6) is 0 Å². The average molecular weight is 483 g/mol. The Morgan fingerprint density at radius 3 is 2.57 bits per heavy atom. The van der Waals surface area contributed by atoms with Gasteiger partial charge in [0.1, 0.15) is 0 Å². The highest BCUT2D eigenvalue weighted by Gasteiger charge is 2.28. The zero-order chi connectivity index (χ0) is 19.9. The third-order valence-electron chi connectivity index (χ3n) is 4.72. The van der Waals surface area contributed by atoms with Crippen LogP contribution in [0.2, 0.25) is 0 Å². The van der Waals surface area contributed by atoms with Crippen molar-refractivity contribution in [2.45, 2.75) is 11.7 Å². The quantitative estimate of drug-likeness (QED) is 0.570. The summed E-state index contributed by atoms with van der Waals surface area (Å²) in [4.78, 5) is 22.6.